The second-order valence-corrected chi connectivity index (χ2v) is 5.70. The van der Waals surface area contributed by atoms with Crippen molar-refractivity contribution in [3.05, 3.63) is 35.4 Å². The zero-order valence-corrected chi connectivity index (χ0v) is 11.5. The van der Waals surface area contributed by atoms with E-state index in [9.17, 15) is 4.79 Å². The number of esters is 1. The van der Waals surface area contributed by atoms with Crippen LogP contribution in [0.2, 0.25) is 0 Å². The van der Waals surface area contributed by atoms with Crippen LogP contribution in [0.5, 0.6) is 0 Å². The van der Waals surface area contributed by atoms with Gasteiger partial charge in [-0.2, -0.15) is 0 Å². The number of carbonyl (C=O) groups is 1. The van der Waals surface area contributed by atoms with Crippen molar-refractivity contribution < 1.29 is 9.53 Å². The van der Waals surface area contributed by atoms with E-state index in [1.165, 1.54) is 18.2 Å². The van der Waals surface area contributed by atoms with Gasteiger partial charge in [0.2, 0.25) is 0 Å². The molecular weight excluding hydrogens is 224 g/mol. The molecule has 1 aliphatic carbocycles. The first kappa shape index (κ1) is 13.1. The molecule has 0 bridgehead atoms. The van der Waals surface area contributed by atoms with E-state index in [4.69, 9.17) is 4.74 Å². The van der Waals surface area contributed by atoms with Gasteiger partial charge in [-0.25, -0.2) is 0 Å². The fraction of sp³-hybridized carbons (Fsp3) is 0.562. The fourth-order valence-corrected chi connectivity index (χ4v) is 2.68. The van der Waals surface area contributed by atoms with Crippen molar-refractivity contribution in [3.8, 4) is 0 Å². The van der Waals surface area contributed by atoms with E-state index < -0.39 is 0 Å². The van der Waals surface area contributed by atoms with Crippen LogP contribution >= 0.6 is 0 Å². The highest BCUT2D eigenvalue weighted by atomic mass is 16.5. The number of benzene rings is 1. The second kappa shape index (κ2) is 5.13. The molecule has 0 radical (unpaired) electrons. The van der Waals surface area contributed by atoms with E-state index in [0.29, 0.717) is 5.92 Å². The van der Waals surface area contributed by atoms with Crippen molar-refractivity contribution in [3.63, 3.8) is 0 Å². The van der Waals surface area contributed by atoms with Crippen molar-refractivity contribution in [1.29, 1.82) is 0 Å². The SMILES string of the molecule is COC(=O)C1(Cc2ccc(C(C)C)cc2)CCC1. The molecule has 0 amide bonds. The highest BCUT2D eigenvalue weighted by Gasteiger charge is 2.45. The molecule has 0 heterocycles. The Morgan fingerprint density at radius 2 is 1.89 bits per heavy atom. The van der Waals surface area contributed by atoms with Crippen LogP contribution in [0, 0.1) is 5.41 Å². The monoisotopic (exact) mass is 246 g/mol. The summed E-state index contributed by atoms with van der Waals surface area (Å²) in [5.74, 6) is 0.513. The summed E-state index contributed by atoms with van der Waals surface area (Å²) >= 11 is 0. The first-order valence-corrected chi connectivity index (χ1v) is 6.75. The van der Waals surface area contributed by atoms with Crippen molar-refractivity contribution in [1.82, 2.24) is 0 Å². The van der Waals surface area contributed by atoms with E-state index in [0.717, 1.165) is 25.7 Å². The van der Waals surface area contributed by atoms with Gasteiger partial charge < -0.3 is 4.74 Å². The third-order valence-electron chi connectivity index (χ3n) is 4.12. The van der Waals surface area contributed by atoms with Gasteiger partial charge in [0.05, 0.1) is 12.5 Å². The zero-order valence-electron chi connectivity index (χ0n) is 11.5. The molecule has 0 atom stereocenters. The molecule has 1 aliphatic rings. The van der Waals surface area contributed by atoms with E-state index in [1.807, 2.05) is 0 Å². The molecular formula is C16H22O2. The molecule has 2 rings (SSSR count). The second-order valence-electron chi connectivity index (χ2n) is 5.70. The summed E-state index contributed by atoms with van der Waals surface area (Å²) < 4.78 is 4.95. The Kier molecular flexibility index (Phi) is 3.74. The first-order chi connectivity index (χ1) is 8.57. The predicted molar refractivity (Wildman–Crippen MR) is 72.5 cm³/mol. The quantitative estimate of drug-likeness (QED) is 0.757. The summed E-state index contributed by atoms with van der Waals surface area (Å²) in [6.45, 7) is 4.38. The molecule has 1 fully saturated rings. The van der Waals surface area contributed by atoms with Crippen LogP contribution in [0.4, 0.5) is 0 Å². The molecule has 1 aromatic rings. The normalized spacial score (nSPS) is 17.3. The minimum atomic E-state index is -0.242. The van der Waals surface area contributed by atoms with Crippen LogP contribution < -0.4 is 0 Å². The van der Waals surface area contributed by atoms with E-state index in [-0.39, 0.29) is 11.4 Å². The Balaban J connectivity index is 2.10. The van der Waals surface area contributed by atoms with E-state index in [1.54, 1.807) is 0 Å². The number of rotatable bonds is 4. The van der Waals surface area contributed by atoms with Gasteiger partial charge in [-0.3, -0.25) is 4.79 Å². The number of hydrogen-bond donors (Lipinski definition) is 0. The summed E-state index contributed by atoms with van der Waals surface area (Å²) in [5.41, 5.74) is 2.35. The molecule has 18 heavy (non-hydrogen) atoms. The third-order valence-corrected chi connectivity index (χ3v) is 4.12. The number of methoxy groups -OCH3 is 1. The van der Waals surface area contributed by atoms with Crippen LogP contribution in [-0.2, 0) is 16.0 Å². The fourth-order valence-electron chi connectivity index (χ4n) is 2.68. The summed E-state index contributed by atoms with van der Waals surface area (Å²) in [6.07, 6.45) is 3.88. The Hall–Kier alpha value is -1.31. The topological polar surface area (TPSA) is 26.3 Å². The Labute approximate surface area is 109 Å². The lowest BCUT2D eigenvalue weighted by atomic mass is 9.65. The Bertz CT molecular complexity index is 413. The van der Waals surface area contributed by atoms with E-state index in [2.05, 4.69) is 38.1 Å². The molecule has 98 valence electrons. The number of hydrogen-bond acceptors (Lipinski definition) is 2. The summed E-state index contributed by atoms with van der Waals surface area (Å²) in [4.78, 5) is 11.9. The van der Waals surface area contributed by atoms with Crippen LogP contribution in [0.15, 0.2) is 24.3 Å². The van der Waals surface area contributed by atoms with Crippen molar-refractivity contribution in [2.75, 3.05) is 7.11 Å². The standard InChI is InChI=1S/C16H22O2/c1-12(2)14-7-5-13(6-8-14)11-16(9-4-10-16)15(17)18-3/h5-8,12H,4,9-11H2,1-3H3. The van der Waals surface area contributed by atoms with Crippen molar-refractivity contribution in [2.24, 2.45) is 5.41 Å². The molecule has 0 unspecified atom stereocenters. The van der Waals surface area contributed by atoms with Gasteiger partial charge in [-0.05, 0) is 36.3 Å². The van der Waals surface area contributed by atoms with Crippen molar-refractivity contribution >= 4 is 5.97 Å². The lowest BCUT2D eigenvalue weighted by molar-refractivity contribution is -0.158. The molecule has 2 nitrogen and oxygen atoms in total. The van der Waals surface area contributed by atoms with Gasteiger partial charge in [0, 0.05) is 0 Å². The maximum Gasteiger partial charge on any atom is 0.312 e. The molecule has 1 aromatic carbocycles. The van der Waals surface area contributed by atoms with Gasteiger partial charge in [0.25, 0.3) is 0 Å². The molecule has 2 heteroatoms. The predicted octanol–water partition coefficient (Wildman–Crippen LogP) is 3.70. The summed E-state index contributed by atoms with van der Waals surface area (Å²) in [5, 5.41) is 0. The molecule has 0 aromatic heterocycles. The average molecular weight is 246 g/mol. The van der Waals surface area contributed by atoms with Gasteiger partial charge in [0.1, 0.15) is 0 Å². The highest BCUT2D eigenvalue weighted by molar-refractivity contribution is 5.78. The Morgan fingerprint density at radius 3 is 2.28 bits per heavy atom. The van der Waals surface area contributed by atoms with Crippen LogP contribution in [0.25, 0.3) is 0 Å². The Morgan fingerprint density at radius 1 is 1.28 bits per heavy atom. The molecule has 0 spiro atoms. The first-order valence-electron chi connectivity index (χ1n) is 6.75. The third kappa shape index (κ3) is 2.43. The maximum absolute atomic E-state index is 11.9. The zero-order chi connectivity index (χ0) is 13.2. The molecule has 0 saturated heterocycles. The van der Waals surface area contributed by atoms with Gasteiger partial charge >= 0.3 is 5.97 Å². The van der Waals surface area contributed by atoms with Gasteiger partial charge in [0.15, 0.2) is 0 Å². The smallest absolute Gasteiger partial charge is 0.312 e. The number of carbonyl (C=O) groups excluding carboxylic acids is 1. The largest absolute Gasteiger partial charge is 0.469 e. The molecule has 0 N–H and O–H groups in total. The molecule has 0 aliphatic heterocycles. The van der Waals surface area contributed by atoms with Crippen LogP contribution in [-0.4, -0.2) is 13.1 Å². The summed E-state index contributed by atoms with van der Waals surface area (Å²) in [6, 6.07) is 8.64. The lowest BCUT2D eigenvalue weighted by Gasteiger charge is -2.39. The number of ether oxygens (including phenoxy) is 1. The lowest BCUT2D eigenvalue weighted by Crippen LogP contribution is -2.40. The minimum Gasteiger partial charge on any atom is -0.469 e. The summed E-state index contributed by atoms with van der Waals surface area (Å²) in [7, 11) is 1.49. The van der Waals surface area contributed by atoms with E-state index >= 15 is 0 Å². The van der Waals surface area contributed by atoms with Crippen LogP contribution in [0.1, 0.15) is 50.2 Å². The van der Waals surface area contributed by atoms with Crippen molar-refractivity contribution in [2.45, 2.75) is 45.4 Å². The minimum absolute atomic E-state index is 0.0401. The van der Waals surface area contributed by atoms with Gasteiger partial charge in [-0.1, -0.05) is 44.5 Å². The van der Waals surface area contributed by atoms with Gasteiger partial charge in [-0.15, -0.1) is 0 Å². The highest BCUT2D eigenvalue weighted by Crippen LogP contribution is 2.44. The molecule has 1 saturated carbocycles. The maximum atomic E-state index is 11.9. The van der Waals surface area contributed by atoms with Crippen LogP contribution in [0.3, 0.4) is 0 Å². The average Bonchev–Trinajstić information content (AvgIpc) is 2.33.